The summed E-state index contributed by atoms with van der Waals surface area (Å²) < 4.78 is 5.42. The van der Waals surface area contributed by atoms with Crippen molar-refractivity contribution < 1.29 is 9.53 Å². The number of unbranched alkanes of at least 4 members (excludes halogenated alkanes) is 3. The van der Waals surface area contributed by atoms with E-state index in [0.29, 0.717) is 6.61 Å². The highest BCUT2D eigenvalue weighted by Gasteiger charge is 2.40. The topological polar surface area (TPSA) is 38.3 Å². The van der Waals surface area contributed by atoms with Crippen molar-refractivity contribution in [2.24, 2.45) is 0 Å². The Labute approximate surface area is 121 Å². The molecule has 1 N–H and O–H groups in total. The summed E-state index contributed by atoms with van der Waals surface area (Å²) in [6.07, 6.45) is 5.52. The van der Waals surface area contributed by atoms with Crippen molar-refractivity contribution in [2.75, 3.05) is 6.61 Å². The van der Waals surface area contributed by atoms with Crippen LogP contribution in [0.2, 0.25) is 0 Å². The normalized spacial score (nSPS) is 26.3. The van der Waals surface area contributed by atoms with Gasteiger partial charge in [-0.3, -0.25) is 10.1 Å². The fourth-order valence-corrected chi connectivity index (χ4v) is 2.75. The second kappa shape index (κ2) is 6.89. The van der Waals surface area contributed by atoms with Crippen molar-refractivity contribution in [1.82, 2.24) is 5.32 Å². The van der Waals surface area contributed by atoms with E-state index in [1.807, 2.05) is 25.1 Å². The highest BCUT2D eigenvalue weighted by atomic mass is 16.5. The van der Waals surface area contributed by atoms with Crippen molar-refractivity contribution in [3.05, 3.63) is 35.9 Å². The number of hydrogen-bond donors (Lipinski definition) is 1. The van der Waals surface area contributed by atoms with Crippen LogP contribution in [0.1, 0.15) is 57.6 Å². The molecule has 1 aliphatic heterocycles. The van der Waals surface area contributed by atoms with E-state index < -0.39 is 5.54 Å². The standard InChI is InChI=1S/C17H25NO2/c1-3-4-5-9-12-17(2)16(19)20-13-15(18-17)14-10-7-6-8-11-14/h6-8,10-11,15,18H,3-5,9,12-13H2,1-2H3/t15-,17+/m0/s1. The van der Waals surface area contributed by atoms with Crippen LogP contribution in [0.3, 0.4) is 0 Å². The Bertz CT molecular complexity index is 432. The van der Waals surface area contributed by atoms with Gasteiger partial charge >= 0.3 is 5.97 Å². The van der Waals surface area contributed by atoms with Gasteiger partial charge in [-0.05, 0) is 18.9 Å². The van der Waals surface area contributed by atoms with Crippen LogP contribution in [0, 0.1) is 0 Å². The zero-order valence-corrected chi connectivity index (χ0v) is 12.5. The molecule has 0 aliphatic carbocycles. The third-order valence-electron chi connectivity index (χ3n) is 4.06. The van der Waals surface area contributed by atoms with Crippen LogP contribution in [-0.2, 0) is 9.53 Å². The summed E-state index contributed by atoms with van der Waals surface area (Å²) in [4.78, 5) is 12.1. The predicted molar refractivity (Wildman–Crippen MR) is 80.4 cm³/mol. The molecule has 1 saturated heterocycles. The molecule has 1 aromatic rings. The van der Waals surface area contributed by atoms with Gasteiger partial charge in [-0.1, -0.05) is 62.9 Å². The van der Waals surface area contributed by atoms with Gasteiger partial charge in [0.1, 0.15) is 12.1 Å². The average molecular weight is 275 g/mol. The molecule has 2 rings (SSSR count). The number of benzene rings is 1. The number of morpholine rings is 1. The number of hydrogen-bond acceptors (Lipinski definition) is 3. The second-order valence-corrected chi connectivity index (χ2v) is 5.85. The van der Waals surface area contributed by atoms with Crippen LogP contribution < -0.4 is 5.32 Å². The molecule has 1 aromatic carbocycles. The summed E-state index contributed by atoms with van der Waals surface area (Å²) in [5.41, 5.74) is 0.631. The summed E-state index contributed by atoms with van der Waals surface area (Å²) in [6.45, 7) is 4.59. The molecular weight excluding hydrogens is 250 g/mol. The number of ether oxygens (including phenoxy) is 1. The molecule has 1 heterocycles. The summed E-state index contributed by atoms with van der Waals surface area (Å²) in [6, 6.07) is 10.3. The Morgan fingerprint density at radius 2 is 2.00 bits per heavy atom. The van der Waals surface area contributed by atoms with E-state index in [2.05, 4.69) is 24.4 Å². The molecule has 110 valence electrons. The first-order valence-corrected chi connectivity index (χ1v) is 7.65. The number of carbonyl (C=O) groups is 1. The maximum absolute atomic E-state index is 12.1. The Morgan fingerprint density at radius 1 is 1.25 bits per heavy atom. The van der Waals surface area contributed by atoms with Gasteiger partial charge in [0.25, 0.3) is 0 Å². The van der Waals surface area contributed by atoms with Gasteiger partial charge in [-0.15, -0.1) is 0 Å². The minimum atomic E-state index is -0.549. The molecule has 0 bridgehead atoms. The third-order valence-corrected chi connectivity index (χ3v) is 4.06. The Morgan fingerprint density at radius 3 is 2.70 bits per heavy atom. The van der Waals surface area contributed by atoms with E-state index >= 15 is 0 Å². The van der Waals surface area contributed by atoms with Gasteiger partial charge in [0.05, 0.1) is 6.04 Å². The third kappa shape index (κ3) is 3.60. The summed E-state index contributed by atoms with van der Waals surface area (Å²) in [7, 11) is 0. The van der Waals surface area contributed by atoms with E-state index in [1.54, 1.807) is 0 Å². The molecule has 1 aliphatic rings. The lowest BCUT2D eigenvalue weighted by Gasteiger charge is -2.38. The molecule has 2 atom stereocenters. The van der Waals surface area contributed by atoms with Gasteiger partial charge < -0.3 is 4.74 Å². The van der Waals surface area contributed by atoms with Crippen molar-refractivity contribution in [3.63, 3.8) is 0 Å². The van der Waals surface area contributed by atoms with E-state index in [4.69, 9.17) is 4.74 Å². The van der Waals surface area contributed by atoms with Gasteiger partial charge in [-0.25, -0.2) is 0 Å². The fraction of sp³-hybridized carbons (Fsp3) is 0.588. The van der Waals surface area contributed by atoms with E-state index in [0.717, 1.165) is 12.8 Å². The lowest BCUT2D eigenvalue weighted by Crippen LogP contribution is -2.56. The number of carbonyl (C=O) groups excluding carboxylic acids is 1. The molecule has 0 aromatic heterocycles. The molecule has 3 heteroatoms. The Balaban J connectivity index is 1.98. The molecule has 0 spiro atoms. The van der Waals surface area contributed by atoms with Crippen molar-refractivity contribution in [2.45, 2.75) is 57.5 Å². The first kappa shape index (κ1) is 15.0. The molecular formula is C17H25NO2. The Hall–Kier alpha value is -1.35. The smallest absolute Gasteiger partial charge is 0.326 e. The van der Waals surface area contributed by atoms with Gasteiger partial charge in [0, 0.05) is 0 Å². The lowest BCUT2D eigenvalue weighted by molar-refractivity contribution is -0.158. The fourth-order valence-electron chi connectivity index (χ4n) is 2.75. The monoisotopic (exact) mass is 275 g/mol. The molecule has 3 nitrogen and oxygen atoms in total. The quantitative estimate of drug-likeness (QED) is 0.637. The molecule has 1 fully saturated rings. The minimum absolute atomic E-state index is 0.102. The summed E-state index contributed by atoms with van der Waals surface area (Å²) in [5.74, 6) is -0.110. The first-order valence-electron chi connectivity index (χ1n) is 7.65. The maximum atomic E-state index is 12.1. The first-order chi connectivity index (χ1) is 9.65. The number of esters is 1. The summed E-state index contributed by atoms with van der Waals surface area (Å²) >= 11 is 0. The van der Waals surface area contributed by atoms with E-state index in [9.17, 15) is 4.79 Å². The lowest BCUT2D eigenvalue weighted by atomic mass is 9.90. The maximum Gasteiger partial charge on any atom is 0.326 e. The van der Waals surface area contributed by atoms with Crippen LogP contribution >= 0.6 is 0 Å². The number of nitrogens with one attached hydrogen (secondary N) is 1. The van der Waals surface area contributed by atoms with Crippen LogP contribution in [0.4, 0.5) is 0 Å². The van der Waals surface area contributed by atoms with Crippen molar-refractivity contribution in [1.29, 1.82) is 0 Å². The zero-order valence-electron chi connectivity index (χ0n) is 12.5. The number of rotatable bonds is 6. The number of cyclic esters (lactones) is 1. The highest BCUT2D eigenvalue weighted by Crippen LogP contribution is 2.27. The molecule has 0 saturated carbocycles. The van der Waals surface area contributed by atoms with E-state index in [1.165, 1.54) is 24.8 Å². The Kier molecular flexibility index (Phi) is 5.18. The van der Waals surface area contributed by atoms with E-state index in [-0.39, 0.29) is 12.0 Å². The molecule has 0 amide bonds. The van der Waals surface area contributed by atoms with Gasteiger partial charge in [0.2, 0.25) is 0 Å². The molecule has 20 heavy (non-hydrogen) atoms. The van der Waals surface area contributed by atoms with Crippen LogP contribution in [0.25, 0.3) is 0 Å². The average Bonchev–Trinajstić information content (AvgIpc) is 2.48. The highest BCUT2D eigenvalue weighted by molar-refractivity contribution is 5.81. The minimum Gasteiger partial charge on any atom is -0.462 e. The van der Waals surface area contributed by atoms with Crippen LogP contribution in [0.15, 0.2) is 30.3 Å². The predicted octanol–water partition coefficient (Wildman–Crippen LogP) is 3.60. The zero-order chi connectivity index (χ0) is 14.4. The summed E-state index contributed by atoms with van der Waals surface area (Å²) in [5, 5.41) is 3.50. The largest absolute Gasteiger partial charge is 0.462 e. The molecule has 0 unspecified atom stereocenters. The van der Waals surface area contributed by atoms with Gasteiger partial charge in [-0.2, -0.15) is 0 Å². The van der Waals surface area contributed by atoms with Gasteiger partial charge in [0.15, 0.2) is 0 Å². The van der Waals surface area contributed by atoms with Crippen LogP contribution in [0.5, 0.6) is 0 Å². The molecule has 0 radical (unpaired) electrons. The van der Waals surface area contributed by atoms with Crippen molar-refractivity contribution in [3.8, 4) is 0 Å². The SMILES string of the molecule is CCCCCC[C@@]1(C)N[C@H](c2ccccc2)COC1=O. The second-order valence-electron chi connectivity index (χ2n) is 5.85. The van der Waals surface area contributed by atoms with Crippen molar-refractivity contribution >= 4 is 5.97 Å². The van der Waals surface area contributed by atoms with Crippen LogP contribution in [-0.4, -0.2) is 18.1 Å².